The lowest BCUT2D eigenvalue weighted by Crippen LogP contribution is -2.29. The number of hydrogen-bond donors (Lipinski definition) is 0. The van der Waals surface area contributed by atoms with Crippen molar-refractivity contribution in [3.8, 4) is 0 Å². The van der Waals surface area contributed by atoms with Gasteiger partial charge < -0.3 is 0 Å². The van der Waals surface area contributed by atoms with Gasteiger partial charge in [-0.15, -0.1) is 0 Å². The highest BCUT2D eigenvalue weighted by Gasteiger charge is 2.32. The summed E-state index contributed by atoms with van der Waals surface area (Å²) in [6, 6.07) is 0. The molecule has 284 valence electrons. The van der Waals surface area contributed by atoms with Crippen molar-refractivity contribution in [2.24, 2.45) is 44.3 Å². The molecule has 1 saturated carbocycles. The normalized spacial score (nSPS) is 15.5. The van der Waals surface area contributed by atoms with Gasteiger partial charge >= 0.3 is 0 Å². The predicted molar refractivity (Wildman–Crippen MR) is 222 cm³/mol. The van der Waals surface area contributed by atoms with E-state index in [2.05, 4.69) is 125 Å². The Hall–Kier alpha value is 0. The first-order valence-corrected chi connectivity index (χ1v) is 19.3. The second-order valence-corrected chi connectivity index (χ2v) is 18.6. The van der Waals surface area contributed by atoms with Crippen LogP contribution >= 0.6 is 0 Å². The number of hydrogen-bond acceptors (Lipinski definition) is 0. The Bertz CT molecular complexity index is 549. The number of rotatable bonds is 8. The van der Waals surface area contributed by atoms with E-state index >= 15 is 0 Å². The average Bonchev–Trinajstić information content (AvgIpc) is 2.89. The molecule has 0 N–H and O–H groups in total. The first-order chi connectivity index (χ1) is 19.3. The van der Waals surface area contributed by atoms with Crippen molar-refractivity contribution in [3.63, 3.8) is 0 Å². The maximum atomic E-state index is 2.41. The van der Waals surface area contributed by atoms with Crippen LogP contribution in [0.4, 0.5) is 0 Å². The van der Waals surface area contributed by atoms with Gasteiger partial charge in [-0.2, -0.15) is 0 Å². The van der Waals surface area contributed by atoms with Gasteiger partial charge in [-0.1, -0.05) is 200 Å². The fourth-order valence-electron chi connectivity index (χ4n) is 4.93. The summed E-state index contributed by atoms with van der Waals surface area (Å²) >= 11 is 0. The van der Waals surface area contributed by atoms with Crippen molar-refractivity contribution in [3.05, 3.63) is 0 Å². The Morgan fingerprint density at radius 3 is 1.20 bits per heavy atom. The quantitative estimate of drug-likeness (QED) is 0.247. The van der Waals surface area contributed by atoms with Crippen LogP contribution in [0.1, 0.15) is 252 Å². The summed E-state index contributed by atoms with van der Waals surface area (Å²) in [5, 5.41) is 0. The lowest BCUT2D eigenvalue weighted by atomic mass is 9.65. The van der Waals surface area contributed by atoms with Gasteiger partial charge in [0.25, 0.3) is 0 Å². The van der Waals surface area contributed by atoms with Gasteiger partial charge in [-0.3, -0.25) is 0 Å². The summed E-state index contributed by atoms with van der Waals surface area (Å²) < 4.78 is 0. The van der Waals surface area contributed by atoms with Crippen molar-refractivity contribution in [2.75, 3.05) is 0 Å². The van der Waals surface area contributed by atoms with E-state index in [-0.39, 0.29) is 14.9 Å². The fraction of sp³-hybridized carbons (Fsp3) is 1.00. The molecule has 0 aromatic rings. The molecule has 0 aliphatic heterocycles. The molecule has 0 saturated heterocycles. The van der Waals surface area contributed by atoms with Crippen LogP contribution in [0, 0.1) is 44.3 Å². The Morgan fingerprint density at radius 2 is 0.933 bits per heavy atom. The lowest BCUT2D eigenvalue weighted by molar-refractivity contribution is 0.111. The molecule has 0 radical (unpaired) electrons. The van der Waals surface area contributed by atoms with Crippen LogP contribution in [0.3, 0.4) is 0 Å². The summed E-state index contributed by atoms with van der Waals surface area (Å²) in [4.78, 5) is 0. The Kier molecular flexibility index (Phi) is 38.8. The molecule has 1 unspecified atom stereocenters. The standard InChI is InChI=1S/C13H28.C12H24.C12H26.3C2H6.2CH4/c1-8-13(6,7)11(2)9-10-12(3,4)5;1-11(2,3)10-6-8-12(4,5)9-7-10;1-7-12(5,6)10-8-9-11(2,3)4;3*1-2;;/h11H,8-10H2,1-7H3;10H,6-9H2,1-5H3;7-10H2,1-6H3;3*1-2H3;2*1H4. The summed E-state index contributed by atoms with van der Waals surface area (Å²) in [6.07, 6.45) is 15.1. The molecule has 0 nitrogen and oxygen atoms in total. The minimum Gasteiger partial charge on any atom is -0.0776 e. The van der Waals surface area contributed by atoms with Crippen LogP contribution in [0.25, 0.3) is 0 Å². The van der Waals surface area contributed by atoms with Crippen molar-refractivity contribution in [2.45, 2.75) is 252 Å². The van der Waals surface area contributed by atoms with Crippen LogP contribution < -0.4 is 0 Å². The molecule has 0 aromatic carbocycles. The maximum Gasteiger partial charge on any atom is -0.0331 e. The average molecular weight is 645 g/mol. The third-order valence-electron chi connectivity index (χ3n) is 9.87. The van der Waals surface area contributed by atoms with E-state index in [1.807, 2.05) is 41.5 Å². The molecular formula is C45H104. The van der Waals surface area contributed by atoms with Crippen LogP contribution in [-0.2, 0) is 0 Å². The van der Waals surface area contributed by atoms with Gasteiger partial charge in [0.2, 0.25) is 0 Å². The second kappa shape index (κ2) is 29.0. The first kappa shape index (κ1) is 60.3. The third kappa shape index (κ3) is 40.1. The predicted octanol–water partition coefficient (Wildman–Crippen LogP) is 18.1. The van der Waals surface area contributed by atoms with Gasteiger partial charge in [-0.05, 0) is 95.7 Å². The molecule has 0 amide bonds. The molecular weight excluding hydrogens is 540 g/mol. The monoisotopic (exact) mass is 645 g/mol. The van der Waals surface area contributed by atoms with E-state index in [0.29, 0.717) is 32.5 Å². The molecule has 1 fully saturated rings. The molecule has 0 bridgehead atoms. The van der Waals surface area contributed by atoms with Crippen molar-refractivity contribution in [1.29, 1.82) is 0 Å². The van der Waals surface area contributed by atoms with E-state index in [1.165, 1.54) is 70.6 Å². The third-order valence-corrected chi connectivity index (χ3v) is 9.87. The van der Waals surface area contributed by atoms with E-state index < -0.39 is 0 Å². The largest absolute Gasteiger partial charge is 0.0776 e. The van der Waals surface area contributed by atoms with Crippen molar-refractivity contribution in [1.82, 2.24) is 0 Å². The topological polar surface area (TPSA) is 0 Å². The Balaban J connectivity index is -0.0000000868. The summed E-state index contributed by atoms with van der Waals surface area (Å²) in [6.45, 7) is 54.4. The maximum absolute atomic E-state index is 2.41. The Labute approximate surface area is 295 Å². The van der Waals surface area contributed by atoms with Crippen LogP contribution in [-0.4, -0.2) is 0 Å². The molecule has 1 aliphatic carbocycles. The molecule has 1 atom stereocenters. The summed E-state index contributed by atoms with van der Waals surface area (Å²) in [5.41, 5.74) is 3.26. The fourth-order valence-corrected chi connectivity index (χ4v) is 4.93. The highest BCUT2D eigenvalue weighted by Crippen LogP contribution is 2.44. The van der Waals surface area contributed by atoms with Gasteiger partial charge in [0.15, 0.2) is 0 Å². The molecule has 0 heterocycles. The molecule has 0 spiro atoms. The molecule has 1 rings (SSSR count). The molecule has 0 aromatic heterocycles. The van der Waals surface area contributed by atoms with E-state index in [4.69, 9.17) is 0 Å². The zero-order valence-corrected chi connectivity index (χ0v) is 35.9. The van der Waals surface area contributed by atoms with Gasteiger partial charge in [-0.25, -0.2) is 0 Å². The lowest BCUT2D eigenvalue weighted by Gasteiger charge is -2.40. The van der Waals surface area contributed by atoms with E-state index in [1.54, 1.807) is 0 Å². The van der Waals surface area contributed by atoms with Crippen LogP contribution in [0.5, 0.6) is 0 Å². The zero-order valence-electron chi connectivity index (χ0n) is 35.9. The summed E-state index contributed by atoms with van der Waals surface area (Å²) in [5.74, 6) is 1.81. The Morgan fingerprint density at radius 1 is 0.578 bits per heavy atom. The summed E-state index contributed by atoms with van der Waals surface area (Å²) in [7, 11) is 0. The minimum absolute atomic E-state index is 0. The molecule has 45 heavy (non-hydrogen) atoms. The van der Waals surface area contributed by atoms with E-state index in [9.17, 15) is 0 Å². The van der Waals surface area contributed by atoms with Crippen LogP contribution in [0.15, 0.2) is 0 Å². The van der Waals surface area contributed by atoms with Gasteiger partial charge in [0, 0.05) is 0 Å². The molecule has 1 aliphatic rings. The highest BCUT2D eigenvalue weighted by atomic mass is 14.4. The smallest absolute Gasteiger partial charge is 0.0331 e. The van der Waals surface area contributed by atoms with Crippen molar-refractivity contribution < 1.29 is 0 Å². The van der Waals surface area contributed by atoms with Gasteiger partial charge in [0.1, 0.15) is 0 Å². The van der Waals surface area contributed by atoms with Gasteiger partial charge in [0.05, 0.1) is 0 Å². The highest BCUT2D eigenvalue weighted by molar-refractivity contribution is 4.84. The van der Waals surface area contributed by atoms with E-state index in [0.717, 1.165) is 11.8 Å². The minimum atomic E-state index is 0. The SMILES string of the molecule is C.C.CC.CC.CC.CC1(C)CCC(C(C)(C)C)CC1.CCC(C)(C)C(C)CCC(C)(C)C.CCC(C)(C)CCCC(C)(C)C. The molecule has 0 heteroatoms. The zero-order chi connectivity index (χ0) is 35.9. The van der Waals surface area contributed by atoms with Crippen LogP contribution in [0.2, 0.25) is 0 Å². The first-order valence-electron chi connectivity index (χ1n) is 19.3. The van der Waals surface area contributed by atoms with Crippen molar-refractivity contribution >= 4 is 0 Å². The second-order valence-electron chi connectivity index (χ2n) is 18.6.